The van der Waals surface area contributed by atoms with Gasteiger partial charge in [-0.3, -0.25) is 0 Å². The quantitative estimate of drug-likeness (QED) is 0.871. The highest BCUT2D eigenvalue weighted by atomic mass is 35.5. The Bertz CT molecular complexity index is 352. The van der Waals surface area contributed by atoms with Gasteiger partial charge in [-0.15, -0.1) is 0 Å². The van der Waals surface area contributed by atoms with E-state index in [9.17, 15) is 0 Å². The number of ether oxygens (including phenoxy) is 1. The van der Waals surface area contributed by atoms with Gasteiger partial charge in [-0.05, 0) is 25.0 Å². The summed E-state index contributed by atoms with van der Waals surface area (Å²) in [6, 6.07) is 4.29. The van der Waals surface area contributed by atoms with E-state index >= 15 is 0 Å². The molecule has 0 spiro atoms. The lowest BCUT2D eigenvalue weighted by atomic mass is 10.2. The highest BCUT2D eigenvalue weighted by Crippen LogP contribution is 2.36. The Morgan fingerprint density at radius 2 is 1.75 bits per heavy atom. The van der Waals surface area contributed by atoms with Gasteiger partial charge in [0, 0.05) is 11.7 Å². The molecule has 4 heteroatoms. The number of methoxy groups -OCH3 is 1. The molecule has 16 heavy (non-hydrogen) atoms. The molecule has 0 radical (unpaired) electrons. The largest absolute Gasteiger partial charge is 0.494 e. The summed E-state index contributed by atoms with van der Waals surface area (Å²) >= 11 is 12.1. The van der Waals surface area contributed by atoms with E-state index in [0.717, 1.165) is 5.69 Å². The first-order valence-corrected chi connectivity index (χ1v) is 6.26. The second-order valence-corrected chi connectivity index (χ2v) is 4.91. The molecule has 0 aliphatic heterocycles. The van der Waals surface area contributed by atoms with Gasteiger partial charge in [-0.1, -0.05) is 36.0 Å². The Balaban J connectivity index is 2.15. The van der Waals surface area contributed by atoms with Crippen LogP contribution in [0.3, 0.4) is 0 Å². The summed E-state index contributed by atoms with van der Waals surface area (Å²) in [5.74, 6) is 0.542. The molecule has 0 saturated heterocycles. The van der Waals surface area contributed by atoms with E-state index in [0.29, 0.717) is 21.8 Å². The summed E-state index contributed by atoms with van der Waals surface area (Å²) in [6.45, 7) is 0. The van der Waals surface area contributed by atoms with Crippen LogP contribution >= 0.6 is 23.2 Å². The topological polar surface area (TPSA) is 21.3 Å². The number of benzene rings is 1. The summed E-state index contributed by atoms with van der Waals surface area (Å²) in [5, 5.41) is 4.55. The fraction of sp³-hybridized carbons (Fsp3) is 0.500. The third-order valence-corrected chi connectivity index (χ3v) is 3.49. The highest BCUT2D eigenvalue weighted by molar-refractivity contribution is 6.37. The average Bonchev–Trinajstić information content (AvgIpc) is 2.70. The smallest absolute Gasteiger partial charge is 0.156 e. The van der Waals surface area contributed by atoms with Crippen LogP contribution in [-0.2, 0) is 0 Å². The molecule has 0 unspecified atom stereocenters. The molecule has 1 aromatic rings. The molecular formula is C12H15Cl2NO. The van der Waals surface area contributed by atoms with Crippen molar-refractivity contribution in [1.82, 2.24) is 0 Å². The van der Waals surface area contributed by atoms with E-state index in [1.165, 1.54) is 25.7 Å². The zero-order chi connectivity index (χ0) is 11.5. The van der Waals surface area contributed by atoms with E-state index in [4.69, 9.17) is 27.9 Å². The van der Waals surface area contributed by atoms with Gasteiger partial charge >= 0.3 is 0 Å². The fourth-order valence-corrected chi connectivity index (χ4v) is 2.79. The summed E-state index contributed by atoms with van der Waals surface area (Å²) in [7, 11) is 1.57. The second-order valence-electron chi connectivity index (χ2n) is 4.10. The molecule has 0 amide bonds. The molecule has 0 atom stereocenters. The van der Waals surface area contributed by atoms with Crippen LogP contribution in [0.1, 0.15) is 25.7 Å². The van der Waals surface area contributed by atoms with Crippen LogP contribution in [0.15, 0.2) is 12.1 Å². The molecule has 1 saturated carbocycles. The minimum Gasteiger partial charge on any atom is -0.494 e. The maximum absolute atomic E-state index is 6.07. The van der Waals surface area contributed by atoms with Crippen molar-refractivity contribution in [2.75, 3.05) is 12.4 Å². The van der Waals surface area contributed by atoms with Crippen LogP contribution in [0, 0.1) is 0 Å². The van der Waals surface area contributed by atoms with Crippen molar-refractivity contribution in [2.45, 2.75) is 31.7 Å². The Morgan fingerprint density at radius 3 is 2.25 bits per heavy atom. The SMILES string of the molecule is COc1c(Cl)cc(NC2CCCC2)cc1Cl. The summed E-state index contributed by atoms with van der Waals surface area (Å²) in [6.07, 6.45) is 5.05. The van der Waals surface area contributed by atoms with Crippen molar-refractivity contribution >= 4 is 28.9 Å². The number of nitrogens with one attached hydrogen (secondary N) is 1. The predicted octanol–water partition coefficient (Wildman–Crippen LogP) is 4.36. The Labute approximate surface area is 106 Å². The lowest BCUT2D eigenvalue weighted by Gasteiger charge is -2.15. The van der Waals surface area contributed by atoms with Gasteiger partial charge in [-0.2, -0.15) is 0 Å². The molecule has 88 valence electrons. The number of hydrogen-bond donors (Lipinski definition) is 1. The van der Waals surface area contributed by atoms with Crippen LogP contribution in [-0.4, -0.2) is 13.2 Å². The normalized spacial score (nSPS) is 16.4. The van der Waals surface area contributed by atoms with Crippen molar-refractivity contribution in [1.29, 1.82) is 0 Å². The van der Waals surface area contributed by atoms with Gasteiger partial charge < -0.3 is 10.1 Å². The third-order valence-electron chi connectivity index (χ3n) is 2.93. The van der Waals surface area contributed by atoms with Crippen LogP contribution in [0.4, 0.5) is 5.69 Å². The molecule has 2 nitrogen and oxygen atoms in total. The highest BCUT2D eigenvalue weighted by Gasteiger charge is 2.16. The number of halogens is 2. The van der Waals surface area contributed by atoms with E-state index in [1.54, 1.807) is 7.11 Å². The predicted molar refractivity (Wildman–Crippen MR) is 68.9 cm³/mol. The molecule has 2 rings (SSSR count). The molecule has 1 aliphatic carbocycles. The van der Waals surface area contributed by atoms with Gasteiger partial charge in [0.15, 0.2) is 5.75 Å². The molecule has 0 bridgehead atoms. The molecule has 0 aromatic heterocycles. The zero-order valence-corrected chi connectivity index (χ0v) is 10.7. The first-order valence-electron chi connectivity index (χ1n) is 5.50. The standard InChI is InChI=1S/C12H15Cl2NO/c1-16-12-10(13)6-9(7-11(12)14)15-8-4-2-3-5-8/h6-8,15H,2-5H2,1H3. The first-order chi connectivity index (χ1) is 7.70. The van der Waals surface area contributed by atoms with Crippen molar-refractivity contribution in [3.05, 3.63) is 22.2 Å². The fourth-order valence-electron chi connectivity index (χ4n) is 2.14. The van der Waals surface area contributed by atoms with Gasteiger partial charge in [0.2, 0.25) is 0 Å². The average molecular weight is 260 g/mol. The van der Waals surface area contributed by atoms with E-state index in [2.05, 4.69) is 5.32 Å². The van der Waals surface area contributed by atoms with E-state index < -0.39 is 0 Å². The monoisotopic (exact) mass is 259 g/mol. The third kappa shape index (κ3) is 2.55. The van der Waals surface area contributed by atoms with Gasteiger partial charge in [0.1, 0.15) is 0 Å². The maximum Gasteiger partial charge on any atom is 0.156 e. The van der Waals surface area contributed by atoms with Gasteiger partial charge in [0.25, 0.3) is 0 Å². The zero-order valence-electron chi connectivity index (χ0n) is 9.22. The number of anilines is 1. The summed E-state index contributed by atoms with van der Waals surface area (Å²) in [5.41, 5.74) is 0.975. The van der Waals surface area contributed by atoms with Crippen molar-refractivity contribution < 1.29 is 4.74 Å². The van der Waals surface area contributed by atoms with E-state index in [-0.39, 0.29) is 0 Å². The van der Waals surface area contributed by atoms with Crippen LogP contribution in [0.25, 0.3) is 0 Å². The Hall–Kier alpha value is -0.600. The number of hydrogen-bond acceptors (Lipinski definition) is 2. The molecular weight excluding hydrogens is 245 g/mol. The molecule has 1 aliphatic rings. The van der Waals surface area contributed by atoms with Gasteiger partial charge in [-0.25, -0.2) is 0 Å². The maximum atomic E-state index is 6.07. The van der Waals surface area contributed by atoms with Crippen molar-refractivity contribution in [3.8, 4) is 5.75 Å². The molecule has 0 heterocycles. The van der Waals surface area contributed by atoms with Crippen molar-refractivity contribution in [2.24, 2.45) is 0 Å². The first kappa shape index (κ1) is 11.9. The summed E-state index contributed by atoms with van der Waals surface area (Å²) in [4.78, 5) is 0. The molecule has 1 aromatic carbocycles. The van der Waals surface area contributed by atoms with Crippen LogP contribution in [0.5, 0.6) is 5.75 Å². The Kier molecular flexibility index (Phi) is 3.82. The van der Waals surface area contributed by atoms with Crippen molar-refractivity contribution in [3.63, 3.8) is 0 Å². The van der Waals surface area contributed by atoms with E-state index in [1.807, 2.05) is 12.1 Å². The molecule has 1 N–H and O–H groups in total. The molecule has 1 fully saturated rings. The number of rotatable bonds is 3. The van der Waals surface area contributed by atoms with Crippen LogP contribution in [0.2, 0.25) is 10.0 Å². The van der Waals surface area contributed by atoms with Gasteiger partial charge in [0.05, 0.1) is 17.2 Å². The second kappa shape index (κ2) is 5.15. The minimum atomic E-state index is 0.542. The minimum absolute atomic E-state index is 0.542. The lowest BCUT2D eigenvalue weighted by Crippen LogP contribution is -2.14. The lowest BCUT2D eigenvalue weighted by molar-refractivity contribution is 0.415. The van der Waals surface area contributed by atoms with Crippen LogP contribution < -0.4 is 10.1 Å². The Morgan fingerprint density at radius 1 is 1.19 bits per heavy atom. The summed E-state index contributed by atoms with van der Waals surface area (Å²) < 4.78 is 5.11.